The van der Waals surface area contributed by atoms with Crippen molar-refractivity contribution in [2.24, 2.45) is 4.99 Å². The monoisotopic (exact) mass is 346 g/mol. The number of benzene rings is 1. The average Bonchev–Trinajstić information content (AvgIpc) is 2.62. The lowest BCUT2D eigenvalue weighted by Crippen LogP contribution is -2.36. The first-order valence-electron chi connectivity index (χ1n) is 7.98. The number of hydrogen-bond donors (Lipinski definition) is 2. The van der Waals surface area contributed by atoms with Crippen LogP contribution in [0, 0.1) is 0 Å². The number of hydrogen-bond acceptors (Lipinski definition) is 3. The third kappa shape index (κ3) is 5.74. The Labute approximate surface area is 148 Å². The van der Waals surface area contributed by atoms with Crippen LogP contribution in [0.4, 0.5) is 0 Å². The molecule has 128 valence electrons. The van der Waals surface area contributed by atoms with Crippen molar-refractivity contribution in [1.29, 1.82) is 0 Å². The maximum absolute atomic E-state index is 6.15. The standard InChI is InChI=1S/C18H23ClN4O/c1-3-10-24-17-9-8-14(11-21-17)12-22-18(20-2)23-13-15-6-4-5-7-16(15)19/h4-9,11H,3,10,12-13H2,1-2H3,(H2,20,22,23). The van der Waals surface area contributed by atoms with E-state index in [9.17, 15) is 0 Å². The minimum Gasteiger partial charge on any atom is -0.478 e. The van der Waals surface area contributed by atoms with Gasteiger partial charge in [0.1, 0.15) is 0 Å². The molecule has 5 nitrogen and oxygen atoms in total. The molecule has 0 aliphatic heterocycles. The van der Waals surface area contributed by atoms with E-state index in [1.54, 1.807) is 13.2 Å². The lowest BCUT2D eigenvalue weighted by molar-refractivity contribution is 0.305. The zero-order chi connectivity index (χ0) is 17.2. The van der Waals surface area contributed by atoms with Crippen LogP contribution in [0.25, 0.3) is 0 Å². The maximum Gasteiger partial charge on any atom is 0.213 e. The van der Waals surface area contributed by atoms with Crippen molar-refractivity contribution in [2.45, 2.75) is 26.4 Å². The molecular formula is C18H23ClN4O. The molecule has 0 amide bonds. The van der Waals surface area contributed by atoms with Crippen LogP contribution >= 0.6 is 11.6 Å². The molecule has 0 aliphatic rings. The van der Waals surface area contributed by atoms with Crippen molar-refractivity contribution in [3.8, 4) is 5.88 Å². The third-order valence-electron chi connectivity index (χ3n) is 3.34. The Bertz CT molecular complexity index is 658. The number of guanidine groups is 1. The average molecular weight is 347 g/mol. The van der Waals surface area contributed by atoms with Crippen LogP contribution in [0.15, 0.2) is 47.6 Å². The number of nitrogens with zero attached hydrogens (tertiary/aromatic N) is 2. The molecule has 0 saturated carbocycles. The summed E-state index contributed by atoms with van der Waals surface area (Å²) in [5, 5.41) is 7.24. The zero-order valence-electron chi connectivity index (χ0n) is 14.1. The van der Waals surface area contributed by atoms with E-state index in [0.29, 0.717) is 31.5 Å². The van der Waals surface area contributed by atoms with Gasteiger partial charge in [-0.25, -0.2) is 4.98 Å². The lowest BCUT2D eigenvalue weighted by Gasteiger charge is -2.13. The van der Waals surface area contributed by atoms with Gasteiger partial charge in [0.25, 0.3) is 0 Å². The van der Waals surface area contributed by atoms with Gasteiger partial charge in [-0.15, -0.1) is 0 Å². The van der Waals surface area contributed by atoms with Crippen molar-refractivity contribution in [3.05, 3.63) is 58.7 Å². The first-order valence-corrected chi connectivity index (χ1v) is 8.36. The maximum atomic E-state index is 6.15. The van der Waals surface area contributed by atoms with E-state index in [0.717, 1.165) is 22.6 Å². The number of nitrogens with one attached hydrogen (secondary N) is 2. The topological polar surface area (TPSA) is 58.5 Å². The van der Waals surface area contributed by atoms with Crippen LogP contribution in [0.2, 0.25) is 5.02 Å². The minimum atomic E-state index is 0.612. The van der Waals surface area contributed by atoms with Crippen molar-refractivity contribution >= 4 is 17.6 Å². The van der Waals surface area contributed by atoms with E-state index < -0.39 is 0 Å². The van der Waals surface area contributed by atoms with Gasteiger partial charge in [-0.05, 0) is 23.6 Å². The van der Waals surface area contributed by atoms with Crippen molar-refractivity contribution < 1.29 is 4.74 Å². The van der Waals surface area contributed by atoms with E-state index >= 15 is 0 Å². The fourth-order valence-electron chi connectivity index (χ4n) is 2.03. The summed E-state index contributed by atoms with van der Waals surface area (Å²) in [7, 11) is 1.74. The van der Waals surface area contributed by atoms with Gasteiger partial charge < -0.3 is 15.4 Å². The Kier molecular flexibility index (Phi) is 7.36. The van der Waals surface area contributed by atoms with E-state index in [-0.39, 0.29) is 0 Å². The van der Waals surface area contributed by atoms with Crippen molar-refractivity contribution in [1.82, 2.24) is 15.6 Å². The van der Waals surface area contributed by atoms with Crippen molar-refractivity contribution in [2.75, 3.05) is 13.7 Å². The first-order chi connectivity index (χ1) is 11.7. The number of halogens is 1. The summed E-state index contributed by atoms with van der Waals surface area (Å²) >= 11 is 6.15. The highest BCUT2D eigenvalue weighted by Gasteiger charge is 2.02. The molecule has 24 heavy (non-hydrogen) atoms. The molecule has 1 aromatic carbocycles. The second-order valence-corrected chi connectivity index (χ2v) is 5.63. The van der Waals surface area contributed by atoms with E-state index in [2.05, 4.69) is 27.5 Å². The normalized spacial score (nSPS) is 11.2. The third-order valence-corrected chi connectivity index (χ3v) is 3.71. The highest BCUT2D eigenvalue weighted by molar-refractivity contribution is 6.31. The fourth-order valence-corrected chi connectivity index (χ4v) is 2.24. The quantitative estimate of drug-likeness (QED) is 0.596. The predicted octanol–water partition coefficient (Wildman–Crippen LogP) is 3.39. The molecule has 0 fully saturated rings. The van der Waals surface area contributed by atoms with Crippen molar-refractivity contribution in [3.63, 3.8) is 0 Å². The summed E-state index contributed by atoms with van der Waals surface area (Å²) in [5.41, 5.74) is 2.08. The number of pyridine rings is 1. The molecular weight excluding hydrogens is 324 g/mol. The zero-order valence-corrected chi connectivity index (χ0v) is 14.8. The molecule has 0 bridgehead atoms. The highest BCUT2D eigenvalue weighted by Crippen LogP contribution is 2.14. The summed E-state index contributed by atoms with van der Waals surface area (Å²) in [5.74, 6) is 1.36. The molecule has 0 radical (unpaired) electrons. The molecule has 2 rings (SSSR count). The Hall–Kier alpha value is -2.27. The highest BCUT2D eigenvalue weighted by atomic mass is 35.5. The Morgan fingerprint density at radius 2 is 1.96 bits per heavy atom. The SMILES string of the molecule is CCCOc1ccc(CNC(=NC)NCc2ccccc2Cl)cn1. The van der Waals surface area contributed by atoms with Gasteiger partial charge in [-0.2, -0.15) is 0 Å². The number of rotatable bonds is 7. The summed E-state index contributed by atoms with van der Waals surface area (Å²) in [6, 6.07) is 11.6. The molecule has 0 atom stereocenters. The van der Waals surface area contributed by atoms with E-state index in [1.165, 1.54) is 0 Å². The molecule has 2 aromatic rings. The summed E-state index contributed by atoms with van der Waals surface area (Å²) < 4.78 is 5.48. The predicted molar refractivity (Wildman–Crippen MR) is 98.5 cm³/mol. The minimum absolute atomic E-state index is 0.612. The molecule has 0 spiro atoms. The molecule has 1 aromatic heterocycles. The summed E-state index contributed by atoms with van der Waals surface area (Å²) in [6.07, 6.45) is 2.78. The number of ether oxygens (including phenoxy) is 1. The van der Waals surface area contributed by atoms with Crippen LogP contribution in [0.5, 0.6) is 5.88 Å². The van der Waals surface area contributed by atoms with Gasteiger partial charge in [-0.3, -0.25) is 4.99 Å². The number of aromatic nitrogens is 1. The summed E-state index contributed by atoms with van der Waals surface area (Å²) in [4.78, 5) is 8.50. The molecule has 0 aliphatic carbocycles. The van der Waals surface area contributed by atoms with Crippen LogP contribution in [-0.4, -0.2) is 24.6 Å². The lowest BCUT2D eigenvalue weighted by atomic mass is 10.2. The molecule has 6 heteroatoms. The van der Waals surface area contributed by atoms with Gasteiger partial charge in [0.2, 0.25) is 5.88 Å². The van der Waals surface area contributed by atoms with Crippen LogP contribution in [0.1, 0.15) is 24.5 Å². The Morgan fingerprint density at radius 1 is 1.17 bits per heavy atom. The smallest absolute Gasteiger partial charge is 0.213 e. The number of aliphatic imine (C=N–C) groups is 1. The van der Waals surface area contributed by atoms with E-state index in [1.807, 2.05) is 36.4 Å². The van der Waals surface area contributed by atoms with Gasteiger partial charge in [0.15, 0.2) is 5.96 Å². The molecule has 0 saturated heterocycles. The summed E-state index contributed by atoms with van der Waals surface area (Å²) in [6.45, 7) is 3.99. The van der Waals surface area contributed by atoms with Crippen LogP contribution < -0.4 is 15.4 Å². The van der Waals surface area contributed by atoms with E-state index in [4.69, 9.17) is 16.3 Å². The Morgan fingerprint density at radius 3 is 2.62 bits per heavy atom. The van der Waals surface area contributed by atoms with Gasteiger partial charge in [-0.1, -0.05) is 42.8 Å². The van der Waals surface area contributed by atoms with Gasteiger partial charge >= 0.3 is 0 Å². The molecule has 0 unspecified atom stereocenters. The largest absolute Gasteiger partial charge is 0.478 e. The first kappa shape index (κ1) is 18.1. The van der Waals surface area contributed by atoms with Gasteiger partial charge in [0, 0.05) is 37.4 Å². The van der Waals surface area contributed by atoms with Crippen LogP contribution in [-0.2, 0) is 13.1 Å². The second-order valence-electron chi connectivity index (χ2n) is 5.22. The fraction of sp³-hybridized carbons (Fsp3) is 0.333. The van der Waals surface area contributed by atoms with Gasteiger partial charge in [0.05, 0.1) is 6.61 Å². The second kappa shape index (κ2) is 9.78. The molecule has 1 heterocycles. The van der Waals surface area contributed by atoms with Crippen LogP contribution in [0.3, 0.4) is 0 Å². The molecule has 2 N–H and O–H groups in total. The Balaban J connectivity index is 1.82.